The van der Waals surface area contributed by atoms with Gasteiger partial charge in [-0.3, -0.25) is 14.6 Å². The molecule has 2 aliphatic rings. The third kappa shape index (κ3) is 7.40. The average molecular weight is 551 g/mol. The van der Waals surface area contributed by atoms with Crippen molar-refractivity contribution >= 4 is 47.6 Å². The van der Waals surface area contributed by atoms with Crippen molar-refractivity contribution in [3.8, 4) is 11.1 Å². The number of halogens is 3. The van der Waals surface area contributed by atoms with Gasteiger partial charge >= 0.3 is 0 Å². The number of fused-ring (bicyclic) bond motifs is 2. The number of amides is 1. The molecule has 2 heterocycles. The summed E-state index contributed by atoms with van der Waals surface area (Å²) in [5, 5.41) is 3.13. The number of hydrogen-bond acceptors (Lipinski definition) is 6. The van der Waals surface area contributed by atoms with Gasteiger partial charge in [-0.1, -0.05) is 32.0 Å². The number of likely N-dealkylation sites (N-methyl/N-ethyl adjacent to an activating group) is 1. The number of nitrogens with one attached hydrogen (secondary N) is 1. The molecule has 1 saturated heterocycles. The fourth-order valence-electron chi connectivity index (χ4n) is 4.18. The van der Waals surface area contributed by atoms with Gasteiger partial charge in [-0.05, 0) is 38.2 Å². The number of anilines is 1. The minimum atomic E-state index is -0.702. The molecule has 10 heteroatoms. The number of amidine groups is 1. The Hall–Kier alpha value is -2.75. The lowest BCUT2D eigenvalue weighted by molar-refractivity contribution is -0.105. The number of benzene rings is 2. The fourth-order valence-corrected chi connectivity index (χ4v) is 5.60. The molecular formula is C27H33ClF2N4O2S. The van der Waals surface area contributed by atoms with Crippen LogP contribution in [0.3, 0.4) is 0 Å². The van der Waals surface area contributed by atoms with E-state index in [9.17, 15) is 13.6 Å². The van der Waals surface area contributed by atoms with E-state index in [1.54, 1.807) is 6.07 Å². The SMILES string of the molecule is C=CC=O.CC.CC1CN(C)CCN1C1=NCCSc2c(NC=O)c1cc(Cl)c2-c1ccc(F)cc1F. The number of allylic oxidation sites excluding steroid dienone is 1. The van der Waals surface area contributed by atoms with Gasteiger partial charge in [0.15, 0.2) is 0 Å². The number of rotatable bonds is 4. The fraction of sp³-hybridized carbons (Fsp3) is 0.370. The van der Waals surface area contributed by atoms with E-state index in [4.69, 9.17) is 21.4 Å². The number of hydrogen-bond donors (Lipinski definition) is 1. The Kier molecular flexibility index (Phi) is 12.2. The Bertz CT molecular complexity index is 1140. The highest BCUT2D eigenvalue weighted by atomic mass is 35.5. The Morgan fingerprint density at radius 2 is 1.89 bits per heavy atom. The van der Waals surface area contributed by atoms with Crippen LogP contribution in [0.25, 0.3) is 11.1 Å². The molecule has 200 valence electrons. The summed E-state index contributed by atoms with van der Waals surface area (Å²) in [6.07, 6.45) is 2.44. The first-order chi connectivity index (χ1) is 17.8. The number of nitrogens with zero attached hydrogens (tertiary/aromatic N) is 3. The summed E-state index contributed by atoms with van der Waals surface area (Å²) in [4.78, 5) is 30.6. The van der Waals surface area contributed by atoms with Crippen LogP contribution in [0.5, 0.6) is 0 Å². The number of piperazine rings is 1. The topological polar surface area (TPSA) is 65.0 Å². The molecular weight excluding hydrogens is 518 g/mol. The monoisotopic (exact) mass is 550 g/mol. The molecule has 2 aromatic rings. The molecule has 6 nitrogen and oxygen atoms in total. The number of carbonyl (C=O) groups excluding carboxylic acids is 2. The Labute approximate surface area is 226 Å². The van der Waals surface area contributed by atoms with E-state index in [1.807, 2.05) is 13.8 Å². The lowest BCUT2D eigenvalue weighted by atomic mass is 9.99. The molecule has 1 N–H and O–H groups in total. The van der Waals surface area contributed by atoms with Gasteiger partial charge in [0.2, 0.25) is 6.41 Å². The van der Waals surface area contributed by atoms with Gasteiger partial charge < -0.3 is 15.1 Å². The maximum absolute atomic E-state index is 14.7. The van der Waals surface area contributed by atoms with Crippen molar-refractivity contribution in [2.45, 2.75) is 31.7 Å². The Morgan fingerprint density at radius 1 is 1.19 bits per heavy atom. The lowest BCUT2D eigenvalue weighted by Gasteiger charge is -2.41. The second-order valence-electron chi connectivity index (χ2n) is 8.10. The van der Waals surface area contributed by atoms with Gasteiger partial charge in [-0.25, -0.2) is 8.78 Å². The molecule has 37 heavy (non-hydrogen) atoms. The van der Waals surface area contributed by atoms with Crippen molar-refractivity contribution in [1.82, 2.24) is 9.80 Å². The molecule has 0 aromatic heterocycles. The summed E-state index contributed by atoms with van der Waals surface area (Å²) in [6.45, 7) is 12.4. The smallest absolute Gasteiger partial charge is 0.211 e. The summed E-state index contributed by atoms with van der Waals surface area (Å²) in [5.41, 5.74) is 1.90. The first kappa shape index (κ1) is 30.5. The van der Waals surface area contributed by atoms with Gasteiger partial charge in [0.1, 0.15) is 23.8 Å². The lowest BCUT2D eigenvalue weighted by Crippen LogP contribution is -2.53. The molecule has 0 spiro atoms. The van der Waals surface area contributed by atoms with Crippen molar-refractivity contribution < 1.29 is 18.4 Å². The quantitative estimate of drug-likeness (QED) is 0.388. The molecule has 2 bridgehead atoms. The zero-order valence-electron chi connectivity index (χ0n) is 21.6. The third-order valence-electron chi connectivity index (χ3n) is 5.68. The maximum atomic E-state index is 14.7. The summed E-state index contributed by atoms with van der Waals surface area (Å²) in [6, 6.07) is 5.37. The summed E-state index contributed by atoms with van der Waals surface area (Å²) in [7, 11) is 2.09. The van der Waals surface area contributed by atoms with E-state index in [1.165, 1.54) is 30.0 Å². The highest BCUT2D eigenvalue weighted by molar-refractivity contribution is 7.99. The summed E-state index contributed by atoms with van der Waals surface area (Å²) in [5.74, 6) is 0.0510. The molecule has 1 amide bonds. The van der Waals surface area contributed by atoms with Crippen LogP contribution in [-0.4, -0.2) is 73.4 Å². The van der Waals surface area contributed by atoms with Crippen molar-refractivity contribution in [2.75, 3.05) is 44.3 Å². The predicted octanol–water partition coefficient (Wildman–Crippen LogP) is 5.74. The largest absolute Gasteiger partial charge is 0.351 e. The van der Waals surface area contributed by atoms with Gasteiger partial charge in [0.25, 0.3) is 0 Å². The van der Waals surface area contributed by atoms with Crippen LogP contribution in [0.4, 0.5) is 14.5 Å². The van der Waals surface area contributed by atoms with E-state index in [0.717, 1.165) is 31.5 Å². The minimum Gasteiger partial charge on any atom is -0.351 e. The molecule has 2 aliphatic heterocycles. The zero-order valence-corrected chi connectivity index (χ0v) is 23.1. The van der Waals surface area contributed by atoms with E-state index in [0.29, 0.717) is 51.7 Å². The molecule has 0 aliphatic carbocycles. The summed E-state index contributed by atoms with van der Waals surface area (Å²) >= 11 is 8.13. The first-order valence-electron chi connectivity index (χ1n) is 12.0. The predicted molar refractivity (Wildman–Crippen MR) is 150 cm³/mol. The van der Waals surface area contributed by atoms with Gasteiger partial charge in [0, 0.05) is 59.1 Å². The number of aliphatic imine (C=N–C) groups is 1. The molecule has 1 unspecified atom stereocenters. The van der Waals surface area contributed by atoms with Crippen LogP contribution in [0.15, 0.2) is 46.8 Å². The van der Waals surface area contributed by atoms with Crippen LogP contribution in [0.2, 0.25) is 5.02 Å². The Balaban J connectivity index is 0.000000733. The van der Waals surface area contributed by atoms with Crippen LogP contribution in [-0.2, 0) is 9.59 Å². The molecule has 1 atom stereocenters. The van der Waals surface area contributed by atoms with E-state index in [-0.39, 0.29) is 11.6 Å². The molecule has 1 fully saturated rings. The van der Waals surface area contributed by atoms with Crippen LogP contribution in [0.1, 0.15) is 26.3 Å². The zero-order chi connectivity index (χ0) is 27.5. The Morgan fingerprint density at radius 3 is 2.49 bits per heavy atom. The van der Waals surface area contributed by atoms with E-state index < -0.39 is 11.6 Å². The van der Waals surface area contributed by atoms with E-state index in [2.05, 4.69) is 35.7 Å². The maximum Gasteiger partial charge on any atom is 0.211 e. The molecule has 2 aromatic carbocycles. The molecule has 0 saturated carbocycles. The minimum absolute atomic E-state index is 0.196. The van der Waals surface area contributed by atoms with Crippen LogP contribution >= 0.6 is 23.4 Å². The third-order valence-corrected chi connectivity index (χ3v) is 7.06. The average Bonchev–Trinajstić information content (AvgIpc) is 2.87. The van der Waals surface area contributed by atoms with Crippen LogP contribution in [0, 0.1) is 11.6 Å². The van der Waals surface area contributed by atoms with Crippen LogP contribution < -0.4 is 5.32 Å². The number of aldehydes is 1. The second-order valence-corrected chi connectivity index (χ2v) is 9.61. The number of carbonyl (C=O) groups is 2. The van der Waals surface area contributed by atoms with Crippen molar-refractivity contribution in [2.24, 2.45) is 4.99 Å². The highest BCUT2D eigenvalue weighted by Crippen LogP contribution is 2.46. The van der Waals surface area contributed by atoms with E-state index >= 15 is 0 Å². The van der Waals surface area contributed by atoms with Crippen molar-refractivity contribution in [3.05, 3.63) is 59.1 Å². The molecule has 0 radical (unpaired) electrons. The first-order valence-corrected chi connectivity index (χ1v) is 13.4. The van der Waals surface area contributed by atoms with Crippen molar-refractivity contribution in [1.29, 1.82) is 0 Å². The number of thioether (sulfide) groups is 1. The van der Waals surface area contributed by atoms with Gasteiger partial charge in [-0.15, -0.1) is 11.8 Å². The summed E-state index contributed by atoms with van der Waals surface area (Å²) < 4.78 is 28.2. The standard InChI is InChI=1S/C22H23ClF2N4OS.C3H4O.C2H6/c1-13-11-28(2)6-7-29(13)22-16-10-17(23)19(15-4-3-14(24)9-18(15)25)21(20(16)27-12-30)31-8-5-26-22;1-2-3-4;1-2/h3-4,9-10,12-13H,5-8,11H2,1-2H3,(H,27,30);2-3H,1H2;1-2H3. The van der Waals surface area contributed by atoms with Gasteiger partial charge in [0.05, 0.1) is 17.3 Å². The van der Waals surface area contributed by atoms with Gasteiger partial charge in [-0.2, -0.15) is 0 Å². The molecule has 4 rings (SSSR count). The second kappa shape index (κ2) is 14.9. The normalized spacial score (nSPS) is 17.0. The highest BCUT2D eigenvalue weighted by Gasteiger charge is 2.30. The van der Waals surface area contributed by atoms with Crippen molar-refractivity contribution in [3.63, 3.8) is 0 Å².